The molecule has 0 amide bonds. The summed E-state index contributed by atoms with van der Waals surface area (Å²) in [4.78, 5) is 2.23. The molecule has 0 heterocycles. The maximum absolute atomic E-state index is 8.26. The van der Waals surface area contributed by atoms with E-state index >= 15 is 0 Å². The molecule has 0 saturated heterocycles. The Balaban J connectivity index is 3.43. The average molecular weight is 173 g/mol. The van der Waals surface area contributed by atoms with Gasteiger partial charge in [-0.2, -0.15) is 0 Å². The lowest BCUT2D eigenvalue weighted by atomic mass is 10.2. The van der Waals surface area contributed by atoms with E-state index in [-0.39, 0.29) is 0 Å². The molecule has 0 fully saturated rings. The van der Waals surface area contributed by atoms with Crippen LogP contribution in [0.5, 0.6) is 0 Å². The zero-order valence-corrected chi connectivity index (χ0v) is 8.12. The molecule has 0 spiro atoms. The van der Waals surface area contributed by atoms with Crippen LogP contribution in [0.25, 0.3) is 0 Å². The van der Waals surface area contributed by atoms with Gasteiger partial charge in [-0.25, -0.2) is 0 Å². The van der Waals surface area contributed by atoms with Crippen molar-refractivity contribution in [2.75, 3.05) is 13.6 Å². The Kier molecular flexibility index (Phi) is 5.45. The molecule has 0 aliphatic carbocycles. The first kappa shape index (κ1) is 11.2. The Labute approximate surface area is 74.0 Å². The summed E-state index contributed by atoms with van der Waals surface area (Å²) in [6, 6.07) is 0.553. The monoisotopic (exact) mass is 173 g/mol. The van der Waals surface area contributed by atoms with Gasteiger partial charge in [-0.15, -0.1) is 0 Å². The molecule has 0 radical (unpaired) electrons. The highest BCUT2D eigenvalue weighted by atomic mass is 16.4. The SMILES string of the molecule is CC(C)N(C)CCC/C(N)=N/O. The van der Waals surface area contributed by atoms with Gasteiger partial charge >= 0.3 is 0 Å². The molecule has 0 bridgehead atoms. The summed E-state index contributed by atoms with van der Waals surface area (Å²) in [5.41, 5.74) is 5.32. The Bertz CT molecular complexity index is 145. The summed E-state index contributed by atoms with van der Waals surface area (Å²) in [6.07, 6.45) is 1.60. The van der Waals surface area contributed by atoms with Gasteiger partial charge in [0.2, 0.25) is 0 Å². The average Bonchev–Trinajstić information content (AvgIpc) is 2.03. The maximum Gasteiger partial charge on any atom is 0.139 e. The second-order valence-electron chi connectivity index (χ2n) is 3.27. The third-order valence-corrected chi connectivity index (χ3v) is 1.95. The van der Waals surface area contributed by atoms with Gasteiger partial charge in [-0.05, 0) is 33.9 Å². The van der Waals surface area contributed by atoms with Crippen LogP contribution in [0.1, 0.15) is 26.7 Å². The van der Waals surface area contributed by atoms with E-state index in [0.717, 1.165) is 13.0 Å². The smallest absolute Gasteiger partial charge is 0.139 e. The number of hydrogen-bond acceptors (Lipinski definition) is 3. The van der Waals surface area contributed by atoms with E-state index in [1.807, 2.05) is 0 Å². The molecular weight excluding hydrogens is 154 g/mol. The van der Waals surface area contributed by atoms with E-state index in [1.165, 1.54) is 0 Å². The van der Waals surface area contributed by atoms with E-state index in [4.69, 9.17) is 10.9 Å². The van der Waals surface area contributed by atoms with Gasteiger partial charge in [0.05, 0.1) is 0 Å². The van der Waals surface area contributed by atoms with E-state index < -0.39 is 0 Å². The third-order valence-electron chi connectivity index (χ3n) is 1.95. The molecule has 0 aliphatic heterocycles. The summed E-state index contributed by atoms with van der Waals surface area (Å²) >= 11 is 0. The molecule has 0 saturated carbocycles. The number of oxime groups is 1. The fourth-order valence-electron chi connectivity index (χ4n) is 0.818. The van der Waals surface area contributed by atoms with Crippen molar-refractivity contribution in [3.63, 3.8) is 0 Å². The Hall–Kier alpha value is -0.770. The molecule has 0 rings (SSSR count). The van der Waals surface area contributed by atoms with Crippen molar-refractivity contribution in [1.29, 1.82) is 0 Å². The lowest BCUT2D eigenvalue weighted by Crippen LogP contribution is -2.28. The minimum Gasteiger partial charge on any atom is -0.409 e. The van der Waals surface area contributed by atoms with Gasteiger partial charge < -0.3 is 15.8 Å². The van der Waals surface area contributed by atoms with Gasteiger partial charge in [-0.3, -0.25) is 0 Å². The summed E-state index contributed by atoms with van der Waals surface area (Å²) in [7, 11) is 2.07. The lowest BCUT2D eigenvalue weighted by molar-refractivity contribution is 0.271. The lowest BCUT2D eigenvalue weighted by Gasteiger charge is -2.20. The van der Waals surface area contributed by atoms with Crippen LogP contribution in [-0.2, 0) is 0 Å². The Morgan fingerprint density at radius 3 is 2.58 bits per heavy atom. The second kappa shape index (κ2) is 5.83. The fraction of sp³-hybridized carbons (Fsp3) is 0.875. The predicted octanol–water partition coefficient (Wildman–Crippen LogP) is 0.853. The highest BCUT2D eigenvalue weighted by Crippen LogP contribution is 1.97. The standard InChI is InChI=1S/C8H19N3O/c1-7(2)11(3)6-4-5-8(9)10-12/h7,12H,4-6H2,1-3H3,(H2,9,10). The van der Waals surface area contributed by atoms with Crippen molar-refractivity contribution in [3.8, 4) is 0 Å². The molecule has 4 heteroatoms. The molecule has 12 heavy (non-hydrogen) atoms. The Morgan fingerprint density at radius 1 is 1.58 bits per heavy atom. The van der Waals surface area contributed by atoms with Crippen LogP contribution >= 0.6 is 0 Å². The molecule has 4 nitrogen and oxygen atoms in total. The minimum absolute atomic E-state index is 0.312. The molecule has 0 aromatic rings. The van der Waals surface area contributed by atoms with Gasteiger partial charge in [-0.1, -0.05) is 5.16 Å². The van der Waals surface area contributed by atoms with Gasteiger partial charge in [0, 0.05) is 12.5 Å². The van der Waals surface area contributed by atoms with Gasteiger partial charge in [0.1, 0.15) is 5.84 Å². The summed E-state index contributed by atoms with van der Waals surface area (Å²) in [5, 5.41) is 11.2. The largest absolute Gasteiger partial charge is 0.409 e. The van der Waals surface area contributed by atoms with Crippen molar-refractivity contribution < 1.29 is 5.21 Å². The predicted molar refractivity (Wildman–Crippen MR) is 50.4 cm³/mol. The normalized spacial score (nSPS) is 12.9. The van der Waals surface area contributed by atoms with E-state index in [9.17, 15) is 0 Å². The molecule has 0 unspecified atom stereocenters. The van der Waals surface area contributed by atoms with Crippen molar-refractivity contribution in [3.05, 3.63) is 0 Å². The first-order valence-corrected chi connectivity index (χ1v) is 4.24. The Morgan fingerprint density at radius 2 is 2.17 bits per heavy atom. The topological polar surface area (TPSA) is 61.8 Å². The summed E-state index contributed by atoms with van der Waals surface area (Å²) < 4.78 is 0. The van der Waals surface area contributed by atoms with Crippen LogP contribution in [-0.4, -0.2) is 35.6 Å². The van der Waals surface area contributed by atoms with Crippen molar-refractivity contribution in [2.45, 2.75) is 32.7 Å². The van der Waals surface area contributed by atoms with Crippen LogP contribution in [0.2, 0.25) is 0 Å². The van der Waals surface area contributed by atoms with Crippen molar-refractivity contribution in [1.82, 2.24) is 4.90 Å². The first-order valence-electron chi connectivity index (χ1n) is 4.24. The van der Waals surface area contributed by atoms with Crippen LogP contribution < -0.4 is 5.73 Å². The zero-order chi connectivity index (χ0) is 9.56. The molecule has 0 aliphatic rings. The molecule has 0 aromatic carbocycles. The maximum atomic E-state index is 8.26. The molecule has 0 atom stereocenters. The summed E-state index contributed by atoms with van der Waals surface area (Å²) in [6.45, 7) is 5.26. The van der Waals surface area contributed by atoms with Crippen LogP contribution in [0.3, 0.4) is 0 Å². The number of nitrogens with zero attached hydrogens (tertiary/aromatic N) is 2. The van der Waals surface area contributed by atoms with Crippen molar-refractivity contribution >= 4 is 5.84 Å². The van der Waals surface area contributed by atoms with E-state index in [0.29, 0.717) is 18.3 Å². The number of rotatable bonds is 5. The zero-order valence-electron chi connectivity index (χ0n) is 8.12. The minimum atomic E-state index is 0.312. The number of nitrogens with two attached hydrogens (primary N) is 1. The highest BCUT2D eigenvalue weighted by molar-refractivity contribution is 5.79. The number of hydrogen-bond donors (Lipinski definition) is 2. The second-order valence-corrected chi connectivity index (χ2v) is 3.27. The van der Waals surface area contributed by atoms with E-state index in [1.54, 1.807) is 0 Å². The quantitative estimate of drug-likeness (QED) is 0.280. The van der Waals surface area contributed by atoms with Crippen LogP contribution in [0.15, 0.2) is 5.16 Å². The van der Waals surface area contributed by atoms with Crippen LogP contribution in [0, 0.1) is 0 Å². The summed E-state index contributed by atoms with van der Waals surface area (Å²) in [5.74, 6) is 0.312. The van der Waals surface area contributed by atoms with Gasteiger partial charge in [0.15, 0.2) is 0 Å². The highest BCUT2D eigenvalue weighted by Gasteiger charge is 2.02. The fourth-order valence-corrected chi connectivity index (χ4v) is 0.818. The van der Waals surface area contributed by atoms with Gasteiger partial charge in [0.25, 0.3) is 0 Å². The van der Waals surface area contributed by atoms with E-state index in [2.05, 4.69) is 31.0 Å². The molecule has 0 aromatic heterocycles. The first-order chi connectivity index (χ1) is 5.57. The molecular formula is C8H19N3O. The molecule has 72 valence electrons. The number of amidine groups is 1. The van der Waals surface area contributed by atoms with Crippen LogP contribution in [0.4, 0.5) is 0 Å². The van der Waals surface area contributed by atoms with Crippen molar-refractivity contribution in [2.24, 2.45) is 10.9 Å². The third kappa shape index (κ3) is 4.96. The molecule has 3 N–H and O–H groups in total.